The third-order valence-electron chi connectivity index (χ3n) is 4.77. The van der Waals surface area contributed by atoms with Crippen molar-refractivity contribution in [2.45, 2.75) is 45.7 Å². The topological polar surface area (TPSA) is 44.8 Å². The predicted octanol–water partition coefficient (Wildman–Crippen LogP) is 7.30. The molecule has 0 aromatic heterocycles. The zero-order valence-electron chi connectivity index (χ0n) is 17.8. The maximum Gasteiger partial charge on any atom is 0.513 e. The van der Waals surface area contributed by atoms with E-state index in [-0.39, 0.29) is 12.0 Å². The summed E-state index contributed by atoms with van der Waals surface area (Å²) < 4.78 is 82.4. The van der Waals surface area contributed by atoms with Crippen LogP contribution in [-0.2, 0) is 4.74 Å². The van der Waals surface area contributed by atoms with Crippen molar-refractivity contribution in [2.24, 2.45) is 5.92 Å². The van der Waals surface area contributed by atoms with Gasteiger partial charge in [-0.1, -0.05) is 31.9 Å². The van der Waals surface area contributed by atoms with Gasteiger partial charge in [0.15, 0.2) is 11.6 Å². The minimum atomic E-state index is -4.41. The molecule has 1 atom stereocenters. The molecule has 4 nitrogen and oxygen atoms in total. The lowest BCUT2D eigenvalue weighted by Gasteiger charge is -2.19. The minimum Gasteiger partial charge on any atom is -0.494 e. The number of benzene rings is 2. The Labute approximate surface area is 183 Å². The average Bonchev–Trinajstić information content (AvgIpc) is 2.74. The Morgan fingerprint density at radius 3 is 2.25 bits per heavy atom. The number of ether oxygens (including phenoxy) is 3. The summed E-state index contributed by atoms with van der Waals surface area (Å²) >= 11 is 0. The zero-order valence-corrected chi connectivity index (χ0v) is 17.8. The second-order valence-corrected chi connectivity index (χ2v) is 7.07. The van der Waals surface area contributed by atoms with Crippen LogP contribution >= 0.6 is 0 Å². The van der Waals surface area contributed by atoms with Crippen LogP contribution in [0.4, 0.5) is 26.7 Å². The van der Waals surface area contributed by atoms with Gasteiger partial charge in [0.25, 0.3) is 0 Å². The average molecular weight is 460 g/mol. The molecule has 0 N–H and O–H groups in total. The van der Waals surface area contributed by atoms with Crippen LogP contribution in [0.3, 0.4) is 0 Å². The van der Waals surface area contributed by atoms with Crippen molar-refractivity contribution in [2.75, 3.05) is 13.2 Å². The number of alkyl halides is 3. The monoisotopic (exact) mass is 460 g/mol. The molecule has 0 aliphatic carbocycles. The zero-order chi connectivity index (χ0) is 23.7. The molecule has 2 aromatic rings. The van der Waals surface area contributed by atoms with Gasteiger partial charge in [0.05, 0.1) is 19.1 Å². The number of hydrogen-bond acceptors (Lipinski definition) is 4. The van der Waals surface area contributed by atoms with Crippen LogP contribution in [0.1, 0.15) is 39.5 Å². The fourth-order valence-corrected chi connectivity index (χ4v) is 3.06. The Balaban J connectivity index is 1.99. The Hall–Kier alpha value is -2.84. The normalized spacial score (nSPS) is 12.3. The van der Waals surface area contributed by atoms with Crippen LogP contribution in [0, 0.1) is 17.6 Å². The van der Waals surface area contributed by atoms with Crippen LogP contribution in [0.25, 0.3) is 11.1 Å². The summed E-state index contributed by atoms with van der Waals surface area (Å²) in [6, 6.07) is 8.58. The SMILES string of the molecule is CCCCC(CCOC(=O)Oc1ccc(-c2ccc(OCC)cc2)c(F)c1F)C(F)(F)F. The van der Waals surface area contributed by atoms with E-state index < -0.39 is 48.7 Å². The molecule has 0 bridgehead atoms. The minimum absolute atomic E-state index is 0.0600. The molecule has 0 radical (unpaired) electrons. The van der Waals surface area contributed by atoms with E-state index in [4.69, 9.17) is 4.74 Å². The number of carbonyl (C=O) groups excluding carboxylic acids is 1. The van der Waals surface area contributed by atoms with Crippen molar-refractivity contribution in [3.63, 3.8) is 0 Å². The van der Waals surface area contributed by atoms with Gasteiger partial charge in [-0.3, -0.25) is 0 Å². The fourth-order valence-electron chi connectivity index (χ4n) is 3.06. The van der Waals surface area contributed by atoms with Crippen molar-refractivity contribution in [3.05, 3.63) is 48.0 Å². The summed E-state index contributed by atoms with van der Waals surface area (Å²) in [7, 11) is 0. The first kappa shape index (κ1) is 25.4. The summed E-state index contributed by atoms with van der Waals surface area (Å²) in [6.07, 6.45) is -5.34. The van der Waals surface area contributed by atoms with Gasteiger partial charge in [-0.25, -0.2) is 9.18 Å². The van der Waals surface area contributed by atoms with Gasteiger partial charge in [-0.15, -0.1) is 0 Å². The molecule has 0 amide bonds. The summed E-state index contributed by atoms with van der Waals surface area (Å²) in [4.78, 5) is 11.7. The summed E-state index contributed by atoms with van der Waals surface area (Å²) in [6.45, 7) is 3.49. The van der Waals surface area contributed by atoms with E-state index in [2.05, 4.69) is 9.47 Å². The second-order valence-electron chi connectivity index (χ2n) is 7.07. The molecule has 0 aliphatic rings. The molecule has 0 heterocycles. The molecule has 0 spiro atoms. The molecule has 2 rings (SSSR count). The largest absolute Gasteiger partial charge is 0.513 e. The van der Waals surface area contributed by atoms with Crippen molar-refractivity contribution in [1.82, 2.24) is 0 Å². The summed E-state index contributed by atoms with van der Waals surface area (Å²) in [5.41, 5.74) is 0.319. The van der Waals surface area contributed by atoms with E-state index >= 15 is 0 Å². The maximum atomic E-state index is 14.5. The van der Waals surface area contributed by atoms with Crippen LogP contribution in [0.2, 0.25) is 0 Å². The number of hydrogen-bond donors (Lipinski definition) is 0. The molecular formula is C23H25F5O4. The standard InChI is InChI=1S/C23H25F5O4/c1-3-5-6-16(23(26,27)28)13-14-31-22(29)32-19-12-11-18(20(24)21(19)25)15-7-9-17(10-8-15)30-4-2/h7-12,16H,3-6,13-14H2,1-2H3. The fraction of sp³-hybridized carbons (Fsp3) is 0.435. The Bertz CT molecular complexity index is 881. The van der Waals surface area contributed by atoms with Crippen molar-refractivity contribution >= 4 is 6.16 Å². The smallest absolute Gasteiger partial charge is 0.494 e. The highest BCUT2D eigenvalue weighted by molar-refractivity contribution is 5.68. The first-order valence-corrected chi connectivity index (χ1v) is 10.3. The third kappa shape index (κ3) is 7.10. The van der Waals surface area contributed by atoms with Gasteiger partial charge in [0.1, 0.15) is 5.75 Å². The van der Waals surface area contributed by atoms with Gasteiger partial charge < -0.3 is 14.2 Å². The van der Waals surface area contributed by atoms with E-state index in [0.29, 0.717) is 30.8 Å². The van der Waals surface area contributed by atoms with Gasteiger partial charge >= 0.3 is 12.3 Å². The lowest BCUT2D eigenvalue weighted by molar-refractivity contribution is -0.180. The number of carbonyl (C=O) groups is 1. The van der Waals surface area contributed by atoms with E-state index in [1.54, 1.807) is 31.2 Å². The van der Waals surface area contributed by atoms with Gasteiger partial charge in [0.2, 0.25) is 5.82 Å². The quantitative estimate of drug-likeness (QED) is 0.212. The Kier molecular flexibility index (Phi) is 9.28. The predicted molar refractivity (Wildman–Crippen MR) is 109 cm³/mol. The van der Waals surface area contributed by atoms with Gasteiger partial charge in [-0.2, -0.15) is 17.6 Å². The molecule has 0 saturated carbocycles. The van der Waals surface area contributed by atoms with Crippen molar-refractivity contribution in [3.8, 4) is 22.6 Å². The lowest BCUT2D eigenvalue weighted by Crippen LogP contribution is -2.25. The van der Waals surface area contributed by atoms with Gasteiger partial charge in [0, 0.05) is 5.56 Å². The highest BCUT2D eigenvalue weighted by atomic mass is 19.4. The van der Waals surface area contributed by atoms with Crippen LogP contribution < -0.4 is 9.47 Å². The molecule has 2 aromatic carbocycles. The highest BCUT2D eigenvalue weighted by Crippen LogP contribution is 2.33. The Morgan fingerprint density at radius 1 is 0.969 bits per heavy atom. The van der Waals surface area contributed by atoms with Crippen molar-refractivity contribution in [1.29, 1.82) is 0 Å². The van der Waals surface area contributed by atoms with Crippen LogP contribution in [0.5, 0.6) is 11.5 Å². The molecule has 0 fully saturated rings. The molecule has 176 valence electrons. The Morgan fingerprint density at radius 2 is 1.66 bits per heavy atom. The van der Waals surface area contributed by atoms with E-state index in [9.17, 15) is 26.7 Å². The summed E-state index contributed by atoms with van der Waals surface area (Å²) in [5, 5.41) is 0. The molecule has 1 unspecified atom stereocenters. The van der Waals surface area contributed by atoms with Crippen molar-refractivity contribution < 1.29 is 41.0 Å². The van der Waals surface area contributed by atoms with E-state index in [0.717, 1.165) is 6.07 Å². The van der Waals surface area contributed by atoms with Gasteiger partial charge in [-0.05, 0) is 49.6 Å². The number of halogens is 5. The molecule has 0 saturated heterocycles. The molecule has 0 aliphatic heterocycles. The first-order chi connectivity index (χ1) is 15.2. The van der Waals surface area contributed by atoms with E-state index in [1.807, 2.05) is 6.92 Å². The lowest BCUT2D eigenvalue weighted by atomic mass is 9.98. The first-order valence-electron chi connectivity index (χ1n) is 10.3. The highest BCUT2D eigenvalue weighted by Gasteiger charge is 2.38. The number of rotatable bonds is 10. The molecule has 32 heavy (non-hydrogen) atoms. The molecular weight excluding hydrogens is 435 g/mol. The molecule has 9 heteroatoms. The number of unbranched alkanes of at least 4 members (excludes halogenated alkanes) is 1. The maximum absolute atomic E-state index is 14.5. The summed E-state index contributed by atoms with van der Waals surface area (Å²) in [5.74, 6) is -4.42. The second kappa shape index (κ2) is 11.7. The van der Waals surface area contributed by atoms with Crippen LogP contribution in [0.15, 0.2) is 36.4 Å². The van der Waals surface area contributed by atoms with Crippen LogP contribution in [-0.4, -0.2) is 25.5 Å². The third-order valence-corrected chi connectivity index (χ3v) is 4.77. The van der Waals surface area contributed by atoms with E-state index in [1.165, 1.54) is 6.07 Å².